The number of rotatable bonds is 5. The Morgan fingerprint density at radius 2 is 2.05 bits per heavy atom. The molecule has 1 amide bonds. The molecule has 0 fully saturated rings. The van der Waals surface area contributed by atoms with E-state index in [1.54, 1.807) is 13.8 Å². The van der Waals surface area contributed by atoms with E-state index in [0.29, 0.717) is 24.6 Å². The van der Waals surface area contributed by atoms with Gasteiger partial charge in [-0.2, -0.15) is 0 Å². The van der Waals surface area contributed by atoms with Crippen LogP contribution in [0.25, 0.3) is 0 Å². The van der Waals surface area contributed by atoms with Gasteiger partial charge in [0.05, 0.1) is 5.69 Å². The third kappa shape index (κ3) is 3.45. The van der Waals surface area contributed by atoms with E-state index in [-0.39, 0.29) is 17.7 Å². The molecule has 5 nitrogen and oxygen atoms in total. The Kier molecular flexibility index (Phi) is 4.53. The summed E-state index contributed by atoms with van der Waals surface area (Å²) in [6, 6.07) is 9.73. The van der Waals surface area contributed by atoms with Crippen LogP contribution in [0, 0.1) is 13.8 Å². The number of carbonyl (C=O) groups excluding carboxylic acids is 1. The summed E-state index contributed by atoms with van der Waals surface area (Å²) in [7, 11) is 0. The van der Waals surface area contributed by atoms with Gasteiger partial charge in [0.25, 0.3) is 5.91 Å². The van der Waals surface area contributed by atoms with Crippen LogP contribution in [0.15, 0.2) is 34.7 Å². The van der Waals surface area contributed by atoms with Crippen LogP contribution in [-0.2, 0) is 0 Å². The molecular weight excluding hydrogens is 254 g/mol. The fraction of sp³-hybridized carbons (Fsp3) is 0.333. The van der Waals surface area contributed by atoms with E-state index in [1.165, 1.54) is 0 Å². The summed E-state index contributed by atoms with van der Waals surface area (Å²) in [5.41, 5.74) is 7.73. The van der Waals surface area contributed by atoms with Gasteiger partial charge in [-0.15, -0.1) is 0 Å². The number of aromatic nitrogens is 1. The zero-order chi connectivity index (χ0) is 14.5. The smallest absolute Gasteiger partial charge is 0.289 e. The molecule has 2 aromatic rings. The Morgan fingerprint density at radius 1 is 1.35 bits per heavy atom. The summed E-state index contributed by atoms with van der Waals surface area (Å²) in [5, 5.41) is 2.80. The number of carbonyl (C=O) groups is 1. The highest BCUT2D eigenvalue weighted by Crippen LogP contribution is 2.13. The lowest BCUT2D eigenvalue weighted by molar-refractivity contribution is 0.0922. The predicted molar refractivity (Wildman–Crippen MR) is 76.3 cm³/mol. The summed E-state index contributed by atoms with van der Waals surface area (Å²) in [5.74, 6) is 0.521. The van der Waals surface area contributed by atoms with Gasteiger partial charge in [0.15, 0.2) is 5.89 Å². The third-order valence-electron chi connectivity index (χ3n) is 3.08. The Morgan fingerprint density at radius 3 is 2.65 bits per heavy atom. The van der Waals surface area contributed by atoms with Crippen molar-refractivity contribution in [1.29, 1.82) is 0 Å². The van der Waals surface area contributed by atoms with Crippen LogP contribution in [0.5, 0.6) is 0 Å². The van der Waals surface area contributed by atoms with Gasteiger partial charge in [-0.05, 0) is 18.9 Å². The van der Waals surface area contributed by atoms with E-state index in [1.807, 2.05) is 30.3 Å². The topological polar surface area (TPSA) is 81.2 Å². The molecule has 0 saturated heterocycles. The van der Waals surface area contributed by atoms with E-state index in [9.17, 15) is 4.79 Å². The van der Waals surface area contributed by atoms with Crippen LogP contribution < -0.4 is 11.1 Å². The zero-order valence-corrected chi connectivity index (χ0v) is 11.7. The maximum absolute atomic E-state index is 11.9. The highest BCUT2D eigenvalue weighted by atomic mass is 16.4. The molecule has 20 heavy (non-hydrogen) atoms. The average Bonchev–Trinajstić information content (AvgIpc) is 2.78. The molecule has 0 aliphatic carbocycles. The van der Waals surface area contributed by atoms with E-state index < -0.39 is 0 Å². The molecule has 1 aromatic carbocycles. The Bertz CT molecular complexity index is 578. The van der Waals surface area contributed by atoms with Crippen LogP contribution >= 0.6 is 0 Å². The second-order valence-electron chi connectivity index (χ2n) is 4.71. The van der Waals surface area contributed by atoms with Gasteiger partial charge in [0.2, 0.25) is 5.76 Å². The van der Waals surface area contributed by atoms with Crippen molar-refractivity contribution in [2.24, 2.45) is 5.73 Å². The number of nitrogens with zero attached hydrogens (tertiary/aromatic N) is 1. The highest BCUT2D eigenvalue weighted by molar-refractivity contribution is 5.92. The number of hydrogen-bond donors (Lipinski definition) is 2. The van der Waals surface area contributed by atoms with Crippen molar-refractivity contribution in [2.45, 2.75) is 26.3 Å². The number of benzene rings is 1. The highest BCUT2D eigenvalue weighted by Gasteiger charge is 2.15. The molecule has 0 radical (unpaired) electrons. The molecule has 0 aliphatic rings. The van der Waals surface area contributed by atoms with Gasteiger partial charge in [0.1, 0.15) is 0 Å². The van der Waals surface area contributed by atoms with Crippen LogP contribution in [0.3, 0.4) is 0 Å². The zero-order valence-electron chi connectivity index (χ0n) is 11.7. The van der Waals surface area contributed by atoms with Crippen molar-refractivity contribution < 1.29 is 9.21 Å². The van der Waals surface area contributed by atoms with Crippen molar-refractivity contribution in [1.82, 2.24) is 10.3 Å². The molecule has 106 valence electrons. The lowest BCUT2D eigenvalue weighted by Crippen LogP contribution is -2.27. The minimum atomic E-state index is -0.247. The fourth-order valence-electron chi connectivity index (χ4n) is 2.03. The molecule has 3 N–H and O–H groups in total. The maximum atomic E-state index is 11.9. The molecule has 0 saturated carbocycles. The van der Waals surface area contributed by atoms with Gasteiger partial charge >= 0.3 is 0 Å². The van der Waals surface area contributed by atoms with Crippen molar-refractivity contribution in [3.63, 3.8) is 0 Å². The first-order valence-corrected chi connectivity index (χ1v) is 6.60. The van der Waals surface area contributed by atoms with Gasteiger partial charge in [-0.1, -0.05) is 30.3 Å². The van der Waals surface area contributed by atoms with Crippen LogP contribution in [0.4, 0.5) is 0 Å². The summed E-state index contributed by atoms with van der Waals surface area (Å²) >= 11 is 0. The van der Waals surface area contributed by atoms with E-state index in [0.717, 1.165) is 5.56 Å². The van der Waals surface area contributed by atoms with Crippen LogP contribution in [-0.4, -0.2) is 17.4 Å². The van der Waals surface area contributed by atoms with Crippen molar-refractivity contribution in [3.8, 4) is 0 Å². The van der Waals surface area contributed by atoms with Gasteiger partial charge in [-0.3, -0.25) is 4.79 Å². The monoisotopic (exact) mass is 273 g/mol. The number of nitrogens with two attached hydrogens (primary N) is 1. The van der Waals surface area contributed by atoms with Crippen LogP contribution in [0.2, 0.25) is 0 Å². The second-order valence-corrected chi connectivity index (χ2v) is 4.71. The Hall–Kier alpha value is -2.14. The molecule has 1 heterocycles. The predicted octanol–water partition coefficient (Wildman–Crippen LogP) is 2.11. The molecule has 5 heteroatoms. The van der Waals surface area contributed by atoms with Crippen LogP contribution in [0.1, 0.15) is 40.2 Å². The first-order chi connectivity index (χ1) is 9.58. The summed E-state index contributed by atoms with van der Waals surface area (Å²) < 4.78 is 5.26. The van der Waals surface area contributed by atoms with Crippen molar-refractivity contribution in [3.05, 3.63) is 53.2 Å². The minimum Gasteiger partial charge on any atom is -0.436 e. The van der Waals surface area contributed by atoms with Crippen molar-refractivity contribution in [2.75, 3.05) is 6.54 Å². The van der Waals surface area contributed by atoms with Gasteiger partial charge in [0, 0.05) is 19.5 Å². The van der Waals surface area contributed by atoms with E-state index in [4.69, 9.17) is 10.2 Å². The summed E-state index contributed by atoms with van der Waals surface area (Å²) in [4.78, 5) is 16.0. The quantitative estimate of drug-likeness (QED) is 0.874. The van der Waals surface area contributed by atoms with E-state index >= 15 is 0 Å². The number of amides is 1. The molecule has 2 rings (SSSR count). The Labute approximate surface area is 118 Å². The largest absolute Gasteiger partial charge is 0.436 e. The second kappa shape index (κ2) is 6.34. The number of aryl methyl sites for hydroxylation is 2. The molecule has 1 aromatic heterocycles. The number of nitrogens with one attached hydrogen (secondary N) is 1. The lowest BCUT2D eigenvalue weighted by atomic mass is 10.1. The maximum Gasteiger partial charge on any atom is 0.289 e. The first-order valence-electron chi connectivity index (χ1n) is 6.60. The molecule has 0 spiro atoms. The summed E-state index contributed by atoms with van der Waals surface area (Å²) in [6.45, 7) is 3.96. The van der Waals surface area contributed by atoms with Gasteiger partial charge in [-0.25, -0.2) is 4.98 Å². The normalized spacial score (nSPS) is 12.2. The standard InChI is InChI=1S/C15H19N3O2/c1-10-14(20-11(2)18-10)15(19)17-9-8-13(16)12-6-4-3-5-7-12/h3-7,13H,8-9,16H2,1-2H3,(H,17,19). The molecule has 1 unspecified atom stereocenters. The fourth-order valence-corrected chi connectivity index (χ4v) is 2.03. The van der Waals surface area contributed by atoms with E-state index in [2.05, 4.69) is 10.3 Å². The third-order valence-corrected chi connectivity index (χ3v) is 3.08. The molecular formula is C15H19N3O2. The SMILES string of the molecule is Cc1nc(C)c(C(=O)NCCC(N)c2ccccc2)o1. The number of hydrogen-bond acceptors (Lipinski definition) is 4. The molecule has 0 bridgehead atoms. The molecule has 1 atom stereocenters. The number of oxazole rings is 1. The first kappa shape index (κ1) is 14.3. The van der Waals surface area contributed by atoms with Gasteiger partial charge < -0.3 is 15.5 Å². The molecule has 0 aliphatic heterocycles. The van der Waals surface area contributed by atoms with Crippen molar-refractivity contribution >= 4 is 5.91 Å². The summed E-state index contributed by atoms with van der Waals surface area (Å²) in [6.07, 6.45) is 0.669. The minimum absolute atomic E-state index is 0.0888. The average molecular weight is 273 g/mol. The lowest BCUT2D eigenvalue weighted by Gasteiger charge is -2.12. The Balaban J connectivity index is 1.84.